The van der Waals surface area contributed by atoms with E-state index in [9.17, 15) is 4.79 Å². The second kappa shape index (κ2) is 7.40. The summed E-state index contributed by atoms with van der Waals surface area (Å²) in [4.78, 5) is 17.7. The summed E-state index contributed by atoms with van der Waals surface area (Å²) < 4.78 is 1.62. The molecule has 2 aromatic rings. The number of aromatic nitrogens is 3. The van der Waals surface area contributed by atoms with Crippen molar-refractivity contribution < 1.29 is 9.90 Å². The zero-order chi connectivity index (χ0) is 14.2. The van der Waals surface area contributed by atoms with Crippen molar-refractivity contribution in [2.24, 2.45) is 0 Å². The first-order chi connectivity index (χ1) is 9.79. The number of amides is 1. The fourth-order valence-electron chi connectivity index (χ4n) is 1.93. The van der Waals surface area contributed by atoms with Gasteiger partial charge in [-0.15, -0.1) is 0 Å². The Kier molecular flexibility index (Phi) is 5.25. The van der Waals surface area contributed by atoms with E-state index in [-0.39, 0.29) is 12.5 Å². The lowest BCUT2D eigenvalue weighted by Gasteiger charge is -2.22. The zero-order valence-electron chi connectivity index (χ0n) is 11.2. The normalized spacial score (nSPS) is 10.4. The van der Waals surface area contributed by atoms with Gasteiger partial charge in [0.2, 0.25) is 5.91 Å². The fourth-order valence-corrected chi connectivity index (χ4v) is 1.93. The fraction of sp³-hybridized carbons (Fsp3) is 0.357. The molecule has 106 valence electrons. The molecule has 0 saturated carbocycles. The highest BCUT2D eigenvalue weighted by molar-refractivity contribution is 5.76. The van der Waals surface area contributed by atoms with Crippen LogP contribution in [0.2, 0.25) is 0 Å². The van der Waals surface area contributed by atoms with Gasteiger partial charge in [0.25, 0.3) is 0 Å². The molecule has 0 saturated heterocycles. The van der Waals surface area contributed by atoms with E-state index in [2.05, 4.69) is 10.1 Å². The maximum Gasteiger partial charge on any atom is 0.224 e. The number of hydrogen-bond acceptors (Lipinski definition) is 4. The summed E-state index contributed by atoms with van der Waals surface area (Å²) in [6.07, 6.45) is 3.37. The highest BCUT2D eigenvalue weighted by Gasteiger charge is 2.13. The van der Waals surface area contributed by atoms with Gasteiger partial charge >= 0.3 is 0 Å². The minimum atomic E-state index is -0.0398. The monoisotopic (exact) mass is 274 g/mol. The molecule has 0 bridgehead atoms. The van der Waals surface area contributed by atoms with Crippen LogP contribution in [0, 0.1) is 0 Å². The van der Waals surface area contributed by atoms with Crippen LogP contribution < -0.4 is 0 Å². The molecule has 0 atom stereocenters. The molecule has 6 heteroatoms. The number of aliphatic hydroxyl groups is 1. The molecule has 0 spiro atoms. The summed E-state index contributed by atoms with van der Waals surface area (Å²) in [6.45, 7) is 1.31. The van der Waals surface area contributed by atoms with Crippen molar-refractivity contribution in [3.63, 3.8) is 0 Å². The van der Waals surface area contributed by atoms with Gasteiger partial charge in [0.05, 0.1) is 13.2 Å². The summed E-state index contributed by atoms with van der Waals surface area (Å²) in [6, 6.07) is 9.75. The smallest absolute Gasteiger partial charge is 0.224 e. The van der Waals surface area contributed by atoms with Crippen LogP contribution in [-0.4, -0.2) is 43.8 Å². The van der Waals surface area contributed by atoms with Crippen molar-refractivity contribution in [3.05, 3.63) is 48.5 Å². The molecule has 0 aliphatic rings. The van der Waals surface area contributed by atoms with Crippen LogP contribution in [0.5, 0.6) is 0 Å². The van der Waals surface area contributed by atoms with Crippen molar-refractivity contribution in [3.8, 4) is 0 Å². The van der Waals surface area contributed by atoms with Crippen LogP contribution in [-0.2, 0) is 17.9 Å². The summed E-state index contributed by atoms with van der Waals surface area (Å²) in [5.74, 6) is -0.00148. The Balaban J connectivity index is 1.91. The molecular formula is C14H18N4O2. The molecule has 20 heavy (non-hydrogen) atoms. The molecule has 1 heterocycles. The molecule has 1 aromatic heterocycles. The van der Waals surface area contributed by atoms with E-state index < -0.39 is 0 Å². The topological polar surface area (TPSA) is 71.2 Å². The first-order valence-corrected chi connectivity index (χ1v) is 6.54. The van der Waals surface area contributed by atoms with E-state index in [1.54, 1.807) is 15.9 Å². The molecule has 1 aromatic carbocycles. The van der Waals surface area contributed by atoms with Crippen molar-refractivity contribution in [2.75, 3.05) is 13.2 Å². The van der Waals surface area contributed by atoms with E-state index in [4.69, 9.17) is 5.11 Å². The maximum absolute atomic E-state index is 12.2. The van der Waals surface area contributed by atoms with Gasteiger partial charge in [0.15, 0.2) is 0 Å². The van der Waals surface area contributed by atoms with Gasteiger partial charge in [-0.3, -0.25) is 9.48 Å². The van der Waals surface area contributed by atoms with Crippen LogP contribution in [0.3, 0.4) is 0 Å². The third kappa shape index (κ3) is 4.17. The predicted molar refractivity (Wildman–Crippen MR) is 73.6 cm³/mol. The third-order valence-electron chi connectivity index (χ3n) is 2.96. The Morgan fingerprint density at radius 1 is 1.30 bits per heavy atom. The van der Waals surface area contributed by atoms with Gasteiger partial charge in [-0.1, -0.05) is 30.3 Å². The van der Waals surface area contributed by atoms with Gasteiger partial charge < -0.3 is 10.0 Å². The van der Waals surface area contributed by atoms with Crippen molar-refractivity contribution in [1.29, 1.82) is 0 Å². The van der Waals surface area contributed by atoms with Crippen molar-refractivity contribution >= 4 is 5.91 Å². The molecule has 0 unspecified atom stereocenters. The van der Waals surface area contributed by atoms with E-state index in [0.717, 1.165) is 5.56 Å². The summed E-state index contributed by atoms with van der Waals surface area (Å²) >= 11 is 0. The number of carbonyl (C=O) groups excluding carboxylic acids is 1. The molecule has 0 fully saturated rings. The lowest BCUT2D eigenvalue weighted by molar-refractivity contribution is -0.132. The SMILES string of the molecule is O=C(CCn1cncn1)N(CCO)Cc1ccccc1. The predicted octanol–water partition coefficient (Wildman–Crippen LogP) is 0.689. The average Bonchev–Trinajstić information content (AvgIpc) is 2.99. The van der Waals surface area contributed by atoms with Gasteiger partial charge in [0, 0.05) is 19.5 Å². The standard InChI is InChI=1S/C14H18N4O2/c19-9-8-17(10-13-4-2-1-3-5-13)14(20)6-7-18-12-15-11-16-18/h1-5,11-12,19H,6-10H2. The Labute approximate surface area is 117 Å². The highest BCUT2D eigenvalue weighted by Crippen LogP contribution is 2.06. The summed E-state index contributed by atoms with van der Waals surface area (Å²) in [5.41, 5.74) is 1.05. The summed E-state index contributed by atoms with van der Waals surface area (Å²) in [5, 5.41) is 13.1. The number of benzene rings is 1. The quantitative estimate of drug-likeness (QED) is 0.806. The Morgan fingerprint density at radius 2 is 2.10 bits per heavy atom. The number of aryl methyl sites for hydroxylation is 1. The second-order valence-corrected chi connectivity index (χ2v) is 4.43. The molecule has 0 radical (unpaired) electrons. The van der Waals surface area contributed by atoms with E-state index >= 15 is 0 Å². The van der Waals surface area contributed by atoms with Crippen LogP contribution in [0.25, 0.3) is 0 Å². The Hall–Kier alpha value is -2.21. The first kappa shape index (κ1) is 14.2. The van der Waals surface area contributed by atoms with E-state index in [1.807, 2.05) is 30.3 Å². The number of hydrogen-bond donors (Lipinski definition) is 1. The Morgan fingerprint density at radius 3 is 2.75 bits per heavy atom. The molecule has 0 aliphatic heterocycles. The third-order valence-corrected chi connectivity index (χ3v) is 2.96. The number of nitrogens with zero attached hydrogens (tertiary/aromatic N) is 4. The molecule has 1 amide bonds. The maximum atomic E-state index is 12.2. The van der Waals surface area contributed by atoms with Gasteiger partial charge in [-0.05, 0) is 5.56 Å². The molecular weight excluding hydrogens is 256 g/mol. The molecule has 0 aliphatic carbocycles. The summed E-state index contributed by atoms with van der Waals surface area (Å²) in [7, 11) is 0. The minimum absolute atomic E-state index is 0.00148. The van der Waals surface area contributed by atoms with Crippen LogP contribution in [0.1, 0.15) is 12.0 Å². The van der Waals surface area contributed by atoms with Crippen LogP contribution >= 0.6 is 0 Å². The van der Waals surface area contributed by atoms with E-state index in [0.29, 0.717) is 26.1 Å². The van der Waals surface area contributed by atoms with Gasteiger partial charge in [0.1, 0.15) is 12.7 Å². The molecule has 6 nitrogen and oxygen atoms in total. The average molecular weight is 274 g/mol. The van der Waals surface area contributed by atoms with Gasteiger partial charge in [-0.25, -0.2) is 4.98 Å². The number of aliphatic hydroxyl groups excluding tert-OH is 1. The Bertz CT molecular complexity index is 513. The van der Waals surface area contributed by atoms with Crippen LogP contribution in [0.4, 0.5) is 0 Å². The van der Waals surface area contributed by atoms with Crippen molar-refractivity contribution in [2.45, 2.75) is 19.5 Å². The molecule has 1 N–H and O–H groups in total. The second-order valence-electron chi connectivity index (χ2n) is 4.43. The lowest BCUT2D eigenvalue weighted by atomic mass is 10.2. The highest BCUT2D eigenvalue weighted by atomic mass is 16.3. The molecule has 2 rings (SSSR count). The minimum Gasteiger partial charge on any atom is -0.395 e. The lowest BCUT2D eigenvalue weighted by Crippen LogP contribution is -2.33. The largest absolute Gasteiger partial charge is 0.395 e. The van der Waals surface area contributed by atoms with Crippen molar-refractivity contribution in [1.82, 2.24) is 19.7 Å². The number of rotatable bonds is 7. The van der Waals surface area contributed by atoms with Gasteiger partial charge in [-0.2, -0.15) is 5.10 Å². The first-order valence-electron chi connectivity index (χ1n) is 6.54. The van der Waals surface area contributed by atoms with Crippen LogP contribution in [0.15, 0.2) is 43.0 Å². The zero-order valence-corrected chi connectivity index (χ0v) is 11.2. The number of carbonyl (C=O) groups is 1. The van der Waals surface area contributed by atoms with E-state index in [1.165, 1.54) is 6.33 Å².